The number of aromatic nitrogens is 1. The Morgan fingerprint density at radius 2 is 2.06 bits per heavy atom. The maximum Gasteiger partial charge on any atom is 0.164 e. The zero-order valence-electron chi connectivity index (χ0n) is 9.69. The van der Waals surface area contributed by atoms with Crippen LogP contribution in [0.1, 0.15) is 29.3 Å². The molecule has 0 saturated carbocycles. The first-order chi connectivity index (χ1) is 8.20. The Morgan fingerprint density at radius 3 is 2.76 bits per heavy atom. The summed E-state index contributed by atoms with van der Waals surface area (Å²) in [6.07, 6.45) is 4.41. The second kappa shape index (κ2) is 5.32. The van der Waals surface area contributed by atoms with E-state index in [0.717, 1.165) is 16.6 Å². The van der Waals surface area contributed by atoms with Gasteiger partial charge in [-0.15, -0.1) is 0 Å². The number of hydrogen-bond donors (Lipinski definition) is 0. The molecule has 0 saturated heterocycles. The van der Waals surface area contributed by atoms with Crippen LogP contribution in [0, 0.1) is 0 Å². The van der Waals surface area contributed by atoms with E-state index in [1.54, 1.807) is 0 Å². The Kier molecular flexibility index (Phi) is 3.79. The molecule has 3 heteroatoms. The number of benzene rings is 1. The third-order valence-corrected chi connectivity index (χ3v) is 3.48. The summed E-state index contributed by atoms with van der Waals surface area (Å²) < 4.78 is 3.13. The number of nitrogens with zero attached hydrogens (tertiary/aromatic N) is 1. The summed E-state index contributed by atoms with van der Waals surface area (Å²) in [5.41, 5.74) is 2.00. The van der Waals surface area contributed by atoms with Crippen LogP contribution in [0.3, 0.4) is 0 Å². The molecule has 88 valence electrons. The number of carbonyl (C=O) groups excluding carboxylic acids is 1. The molecule has 0 radical (unpaired) electrons. The van der Waals surface area contributed by atoms with E-state index < -0.39 is 0 Å². The third kappa shape index (κ3) is 2.86. The molecule has 0 spiro atoms. The molecule has 2 aromatic rings. The fourth-order valence-corrected chi connectivity index (χ4v) is 2.14. The van der Waals surface area contributed by atoms with Crippen molar-refractivity contribution in [2.75, 3.05) is 0 Å². The van der Waals surface area contributed by atoms with Gasteiger partial charge < -0.3 is 4.57 Å². The van der Waals surface area contributed by atoms with Crippen molar-refractivity contribution in [3.05, 3.63) is 58.3 Å². The fourth-order valence-electron chi connectivity index (χ4n) is 1.73. The number of Topliss-reactive ketones (excluding diaryl/α,β-unsaturated/α-hetero) is 1. The quantitative estimate of drug-likeness (QED) is 0.784. The van der Waals surface area contributed by atoms with Crippen LogP contribution in [-0.4, -0.2) is 10.4 Å². The molecule has 0 bridgehead atoms. The molecule has 1 heterocycles. The van der Waals surface area contributed by atoms with Crippen LogP contribution >= 0.6 is 15.9 Å². The van der Waals surface area contributed by atoms with Crippen LogP contribution in [0.4, 0.5) is 0 Å². The van der Waals surface area contributed by atoms with Gasteiger partial charge in [-0.1, -0.05) is 41.1 Å². The molecule has 0 fully saturated rings. The van der Waals surface area contributed by atoms with Crippen molar-refractivity contribution < 1.29 is 4.79 Å². The molecular formula is C14H14BrNO. The topological polar surface area (TPSA) is 22.0 Å². The van der Waals surface area contributed by atoms with E-state index in [9.17, 15) is 4.79 Å². The second-order valence-corrected chi connectivity index (χ2v) is 4.79. The predicted octanol–water partition coefficient (Wildman–Crippen LogP) is 3.89. The summed E-state index contributed by atoms with van der Waals surface area (Å²) in [7, 11) is 0. The van der Waals surface area contributed by atoms with Crippen molar-refractivity contribution in [2.45, 2.75) is 19.9 Å². The minimum atomic E-state index is 0.191. The first-order valence-electron chi connectivity index (χ1n) is 5.63. The van der Waals surface area contributed by atoms with Crippen molar-refractivity contribution in [2.24, 2.45) is 0 Å². The van der Waals surface area contributed by atoms with E-state index >= 15 is 0 Å². The lowest BCUT2D eigenvalue weighted by Gasteiger charge is -2.05. The van der Waals surface area contributed by atoms with Gasteiger partial charge in [0.2, 0.25) is 0 Å². The highest BCUT2D eigenvalue weighted by Gasteiger charge is 2.05. The highest BCUT2D eigenvalue weighted by atomic mass is 79.9. The van der Waals surface area contributed by atoms with E-state index in [1.807, 2.05) is 48.1 Å². The highest BCUT2D eigenvalue weighted by molar-refractivity contribution is 9.10. The first-order valence-corrected chi connectivity index (χ1v) is 6.42. The predicted molar refractivity (Wildman–Crippen MR) is 72.3 cm³/mol. The Balaban J connectivity index is 2.17. The minimum Gasteiger partial charge on any atom is -0.349 e. The molecule has 0 aliphatic rings. The van der Waals surface area contributed by atoms with Gasteiger partial charge in [-0.2, -0.15) is 0 Å². The van der Waals surface area contributed by atoms with Crippen LogP contribution in [0.2, 0.25) is 0 Å². The summed E-state index contributed by atoms with van der Waals surface area (Å²) in [6.45, 7) is 2.66. The molecule has 1 aromatic heterocycles. The SMILES string of the molecule is CCC(=O)c1ccn(Cc2ccccc2Br)c1. The average molecular weight is 292 g/mol. The lowest BCUT2D eigenvalue weighted by molar-refractivity contribution is 0.0988. The molecule has 0 unspecified atom stereocenters. The molecule has 0 N–H and O–H groups in total. The van der Waals surface area contributed by atoms with Gasteiger partial charge >= 0.3 is 0 Å². The Morgan fingerprint density at radius 1 is 1.29 bits per heavy atom. The zero-order chi connectivity index (χ0) is 12.3. The largest absolute Gasteiger partial charge is 0.349 e. The number of hydrogen-bond acceptors (Lipinski definition) is 1. The van der Waals surface area contributed by atoms with Crippen LogP contribution in [-0.2, 0) is 6.54 Å². The van der Waals surface area contributed by atoms with Gasteiger partial charge in [0.1, 0.15) is 0 Å². The van der Waals surface area contributed by atoms with E-state index in [1.165, 1.54) is 5.56 Å². The number of rotatable bonds is 4. The number of carbonyl (C=O) groups is 1. The maximum absolute atomic E-state index is 11.5. The lowest BCUT2D eigenvalue weighted by atomic mass is 10.2. The van der Waals surface area contributed by atoms with Crippen molar-refractivity contribution >= 4 is 21.7 Å². The van der Waals surface area contributed by atoms with Crippen LogP contribution in [0.5, 0.6) is 0 Å². The summed E-state index contributed by atoms with van der Waals surface area (Å²) in [5, 5.41) is 0. The lowest BCUT2D eigenvalue weighted by Crippen LogP contribution is -1.98. The van der Waals surface area contributed by atoms with Crippen molar-refractivity contribution in [3.8, 4) is 0 Å². The molecule has 2 rings (SSSR count). The number of halogens is 1. The average Bonchev–Trinajstić information content (AvgIpc) is 2.80. The minimum absolute atomic E-state index is 0.191. The van der Waals surface area contributed by atoms with E-state index in [4.69, 9.17) is 0 Å². The van der Waals surface area contributed by atoms with Crippen LogP contribution < -0.4 is 0 Å². The molecule has 0 atom stereocenters. The van der Waals surface area contributed by atoms with E-state index in [2.05, 4.69) is 22.0 Å². The van der Waals surface area contributed by atoms with Crippen molar-refractivity contribution in [3.63, 3.8) is 0 Å². The molecular weight excluding hydrogens is 278 g/mol. The van der Waals surface area contributed by atoms with E-state index in [0.29, 0.717) is 6.42 Å². The number of ketones is 1. The van der Waals surface area contributed by atoms with Crippen molar-refractivity contribution in [1.82, 2.24) is 4.57 Å². The Hall–Kier alpha value is -1.35. The van der Waals surface area contributed by atoms with Gasteiger partial charge in [-0.25, -0.2) is 0 Å². The third-order valence-electron chi connectivity index (χ3n) is 2.70. The van der Waals surface area contributed by atoms with Gasteiger partial charge in [-0.05, 0) is 17.7 Å². The first kappa shape index (κ1) is 12.1. The van der Waals surface area contributed by atoms with Gasteiger partial charge in [-0.3, -0.25) is 4.79 Å². The van der Waals surface area contributed by atoms with E-state index in [-0.39, 0.29) is 5.78 Å². The monoisotopic (exact) mass is 291 g/mol. The standard InChI is InChI=1S/C14H14BrNO/c1-2-14(17)12-7-8-16(10-12)9-11-5-3-4-6-13(11)15/h3-8,10H,2,9H2,1H3. The summed E-state index contributed by atoms with van der Waals surface area (Å²) in [6, 6.07) is 9.99. The summed E-state index contributed by atoms with van der Waals surface area (Å²) >= 11 is 3.52. The fraction of sp³-hybridized carbons (Fsp3) is 0.214. The Labute approximate surface area is 109 Å². The van der Waals surface area contributed by atoms with Gasteiger partial charge in [0.25, 0.3) is 0 Å². The second-order valence-electron chi connectivity index (χ2n) is 3.94. The molecule has 2 nitrogen and oxygen atoms in total. The summed E-state index contributed by atoms with van der Waals surface area (Å²) in [4.78, 5) is 11.5. The smallest absolute Gasteiger partial charge is 0.164 e. The zero-order valence-corrected chi connectivity index (χ0v) is 11.3. The summed E-state index contributed by atoms with van der Waals surface area (Å²) in [5.74, 6) is 0.191. The molecule has 0 aliphatic heterocycles. The van der Waals surface area contributed by atoms with Gasteiger partial charge in [0.05, 0.1) is 0 Å². The van der Waals surface area contributed by atoms with Gasteiger partial charge in [0.15, 0.2) is 5.78 Å². The molecule has 1 aromatic carbocycles. The molecule has 17 heavy (non-hydrogen) atoms. The molecule has 0 aliphatic carbocycles. The Bertz CT molecular complexity index is 531. The highest BCUT2D eigenvalue weighted by Crippen LogP contribution is 2.17. The molecule has 0 amide bonds. The van der Waals surface area contributed by atoms with Crippen LogP contribution in [0.15, 0.2) is 47.2 Å². The van der Waals surface area contributed by atoms with Gasteiger partial charge in [0, 0.05) is 35.4 Å². The normalized spacial score (nSPS) is 10.5. The van der Waals surface area contributed by atoms with Crippen LogP contribution in [0.25, 0.3) is 0 Å². The van der Waals surface area contributed by atoms with Crippen molar-refractivity contribution in [1.29, 1.82) is 0 Å². The maximum atomic E-state index is 11.5.